The molecule has 0 aromatic heterocycles. The van der Waals surface area contributed by atoms with Crippen molar-refractivity contribution < 1.29 is 13.5 Å². The van der Waals surface area contributed by atoms with E-state index in [0.29, 0.717) is 0 Å². The maximum absolute atomic E-state index is 11.7. The summed E-state index contributed by atoms with van der Waals surface area (Å²) in [4.78, 5) is 0. The van der Waals surface area contributed by atoms with Gasteiger partial charge in [0.2, 0.25) is 0 Å². The van der Waals surface area contributed by atoms with Gasteiger partial charge >= 0.3 is 0 Å². The highest BCUT2D eigenvalue weighted by Crippen LogP contribution is 2.16. The zero-order chi connectivity index (χ0) is 8.91. The van der Waals surface area contributed by atoms with Gasteiger partial charge in [-0.25, -0.2) is 8.78 Å². The van der Waals surface area contributed by atoms with E-state index in [0.717, 1.165) is 12.8 Å². The van der Waals surface area contributed by atoms with Gasteiger partial charge < -0.3 is 4.74 Å². The van der Waals surface area contributed by atoms with E-state index >= 15 is 0 Å². The Kier molecular flexibility index (Phi) is 4.57. The summed E-state index contributed by atoms with van der Waals surface area (Å²) in [6.07, 6.45) is -0.582. The van der Waals surface area contributed by atoms with E-state index in [4.69, 9.17) is 4.74 Å². The number of rotatable bonds is 5. The second-order valence-electron chi connectivity index (χ2n) is 3.21. The van der Waals surface area contributed by atoms with Gasteiger partial charge in [0.25, 0.3) is 6.43 Å². The first-order valence-electron chi connectivity index (χ1n) is 3.90. The van der Waals surface area contributed by atoms with E-state index in [1.165, 1.54) is 0 Å². The molecule has 0 saturated heterocycles. The van der Waals surface area contributed by atoms with Crippen LogP contribution in [-0.2, 0) is 4.74 Å². The van der Waals surface area contributed by atoms with Crippen molar-refractivity contribution in [3.8, 4) is 0 Å². The van der Waals surface area contributed by atoms with E-state index < -0.39 is 18.6 Å². The Bertz CT molecular complexity index is 102. The first-order valence-corrected chi connectivity index (χ1v) is 3.90. The standard InChI is InChI=1S/C8H16F2O/c1-4-5-8(2,3)11-6-7(9)10/h7H,4-6H2,1-3H3. The fraction of sp³-hybridized carbons (Fsp3) is 1.00. The average molecular weight is 166 g/mol. The zero-order valence-electron chi connectivity index (χ0n) is 7.36. The van der Waals surface area contributed by atoms with Crippen LogP contribution in [0, 0.1) is 0 Å². The molecular formula is C8H16F2O. The van der Waals surface area contributed by atoms with E-state index in [2.05, 4.69) is 0 Å². The minimum atomic E-state index is -2.36. The molecule has 3 heteroatoms. The van der Waals surface area contributed by atoms with Crippen molar-refractivity contribution in [1.29, 1.82) is 0 Å². The summed E-state index contributed by atoms with van der Waals surface area (Å²) in [6, 6.07) is 0. The molecule has 11 heavy (non-hydrogen) atoms. The van der Waals surface area contributed by atoms with E-state index in [-0.39, 0.29) is 0 Å². The van der Waals surface area contributed by atoms with Gasteiger partial charge in [-0.15, -0.1) is 0 Å². The maximum Gasteiger partial charge on any atom is 0.261 e. The molecule has 0 radical (unpaired) electrons. The number of hydrogen-bond acceptors (Lipinski definition) is 1. The lowest BCUT2D eigenvalue weighted by atomic mass is 10.0. The summed E-state index contributed by atoms with van der Waals surface area (Å²) in [5, 5.41) is 0. The third-order valence-corrected chi connectivity index (χ3v) is 1.45. The zero-order valence-corrected chi connectivity index (χ0v) is 7.36. The minimum absolute atomic E-state index is 0.398. The molecular weight excluding hydrogens is 150 g/mol. The van der Waals surface area contributed by atoms with Crippen LogP contribution in [0.3, 0.4) is 0 Å². The molecule has 0 aromatic carbocycles. The Morgan fingerprint density at radius 2 is 1.91 bits per heavy atom. The van der Waals surface area contributed by atoms with Crippen LogP contribution in [0.5, 0.6) is 0 Å². The first kappa shape index (κ1) is 10.8. The largest absolute Gasteiger partial charge is 0.370 e. The molecule has 0 unspecified atom stereocenters. The van der Waals surface area contributed by atoms with Crippen LogP contribution >= 0.6 is 0 Å². The van der Waals surface area contributed by atoms with Crippen molar-refractivity contribution in [3.05, 3.63) is 0 Å². The van der Waals surface area contributed by atoms with Crippen LogP contribution in [0.15, 0.2) is 0 Å². The summed E-state index contributed by atoms with van der Waals surface area (Å²) >= 11 is 0. The van der Waals surface area contributed by atoms with Crippen LogP contribution in [0.1, 0.15) is 33.6 Å². The van der Waals surface area contributed by atoms with Crippen molar-refractivity contribution in [1.82, 2.24) is 0 Å². The molecule has 0 N–H and O–H groups in total. The SMILES string of the molecule is CCCC(C)(C)OCC(F)F. The summed E-state index contributed by atoms with van der Waals surface area (Å²) in [5.74, 6) is 0. The van der Waals surface area contributed by atoms with Crippen LogP contribution in [0.2, 0.25) is 0 Å². The quantitative estimate of drug-likeness (QED) is 0.610. The first-order chi connectivity index (χ1) is 4.98. The highest BCUT2D eigenvalue weighted by molar-refractivity contribution is 4.67. The molecule has 0 amide bonds. The molecule has 68 valence electrons. The Balaban J connectivity index is 3.54. The lowest BCUT2D eigenvalue weighted by molar-refractivity contribution is -0.0738. The minimum Gasteiger partial charge on any atom is -0.370 e. The van der Waals surface area contributed by atoms with E-state index in [1.54, 1.807) is 0 Å². The Labute approximate surface area is 66.7 Å². The summed E-state index contributed by atoms with van der Waals surface area (Å²) < 4.78 is 28.3. The number of halogens is 2. The number of hydrogen-bond donors (Lipinski definition) is 0. The predicted molar refractivity (Wildman–Crippen MR) is 40.9 cm³/mol. The van der Waals surface area contributed by atoms with Crippen molar-refractivity contribution in [2.24, 2.45) is 0 Å². The van der Waals surface area contributed by atoms with Crippen LogP contribution in [0.4, 0.5) is 8.78 Å². The van der Waals surface area contributed by atoms with Gasteiger partial charge in [-0.1, -0.05) is 13.3 Å². The van der Waals surface area contributed by atoms with Crippen molar-refractivity contribution in [2.75, 3.05) is 6.61 Å². The monoisotopic (exact) mass is 166 g/mol. The van der Waals surface area contributed by atoms with Crippen LogP contribution < -0.4 is 0 Å². The second kappa shape index (κ2) is 4.65. The number of ether oxygens (including phenoxy) is 1. The normalized spacial score (nSPS) is 12.5. The molecule has 0 heterocycles. The van der Waals surface area contributed by atoms with E-state index in [1.807, 2.05) is 20.8 Å². The molecule has 0 atom stereocenters. The van der Waals surface area contributed by atoms with Gasteiger partial charge in [-0.2, -0.15) is 0 Å². The number of alkyl halides is 2. The van der Waals surface area contributed by atoms with Gasteiger partial charge in [0.05, 0.1) is 5.60 Å². The Hall–Kier alpha value is -0.180. The van der Waals surface area contributed by atoms with Gasteiger partial charge in [-0.05, 0) is 20.3 Å². The van der Waals surface area contributed by atoms with Crippen LogP contribution in [-0.4, -0.2) is 18.6 Å². The third-order valence-electron chi connectivity index (χ3n) is 1.45. The lowest BCUT2D eigenvalue weighted by Gasteiger charge is -2.24. The molecule has 0 spiro atoms. The van der Waals surface area contributed by atoms with Gasteiger partial charge in [0.15, 0.2) is 0 Å². The molecule has 0 aromatic rings. The Morgan fingerprint density at radius 1 is 1.36 bits per heavy atom. The van der Waals surface area contributed by atoms with Crippen molar-refractivity contribution in [3.63, 3.8) is 0 Å². The third kappa shape index (κ3) is 6.23. The molecule has 0 bridgehead atoms. The molecule has 1 nitrogen and oxygen atoms in total. The van der Waals surface area contributed by atoms with Gasteiger partial charge in [-0.3, -0.25) is 0 Å². The van der Waals surface area contributed by atoms with Gasteiger partial charge in [0.1, 0.15) is 6.61 Å². The molecule has 0 saturated carbocycles. The summed E-state index contributed by atoms with van der Waals surface area (Å²) in [7, 11) is 0. The fourth-order valence-electron chi connectivity index (χ4n) is 0.963. The van der Waals surface area contributed by atoms with Crippen molar-refractivity contribution in [2.45, 2.75) is 45.6 Å². The van der Waals surface area contributed by atoms with Gasteiger partial charge in [0, 0.05) is 0 Å². The molecule has 0 fully saturated rings. The smallest absolute Gasteiger partial charge is 0.261 e. The topological polar surface area (TPSA) is 9.23 Å². The van der Waals surface area contributed by atoms with E-state index in [9.17, 15) is 8.78 Å². The van der Waals surface area contributed by atoms with Crippen LogP contribution in [0.25, 0.3) is 0 Å². The summed E-state index contributed by atoms with van der Waals surface area (Å²) in [5.41, 5.74) is -0.398. The average Bonchev–Trinajstić information content (AvgIpc) is 1.84. The molecule has 0 aliphatic carbocycles. The van der Waals surface area contributed by atoms with Crippen molar-refractivity contribution >= 4 is 0 Å². The Morgan fingerprint density at radius 3 is 2.27 bits per heavy atom. The molecule has 0 rings (SSSR count). The fourth-order valence-corrected chi connectivity index (χ4v) is 0.963. The summed E-state index contributed by atoms with van der Waals surface area (Å²) in [6.45, 7) is 5.22. The highest BCUT2D eigenvalue weighted by atomic mass is 19.3. The maximum atomic E-state index is 11.7. The lowest BCUT2D eigenvalue weighted by Crippen LogP contribution is -2.26. The molecule has 0 aliphatic heterocycles. The molecule has 0 aliphatic rings. The predicted octanol–water partition coefficient (Wildman–Crippen LogP) is 2.85. The second-order valence-corrected chi connectivity index (χ2v) is 3.21. The highest BCUT2D eigenvalue weighted by Gasteiger charge is 2.18.